The lowest BCUT2D eigenvalue weighted by Gasteiger charge is -2.45. The number of hydrogen-bond donors (Lipinski definition) is 1. The summed E-state index contributed by atoms with van der Waals surface area (Å²) in [6, 6.07) is 11.7. The molecule has 166 valence electrons. The van der Waals surface area contributed by atoms with Gasteiger partial charge in [0.15, 0.2) is 0 Å². The van der Waals surface area contributed by atoms with E-state index < -0.39 is 17.8 Å². The molecule has 2 aromatic carbocycles. The van der Waals surface area contributed by atoms with Gasteiger partial charge in [-0.05, 0) is 79.8 Å². The maximum absolute atomic E-state index is 13.1. The smallest absolute Gasteiger partial charge is 0.335 e. The van der Waals surface area contributed by atoms with Gasteiger partial charge in [0.1, 0.15) is 11.3 Å². The van der Waals surface area contributed by atoms with Crippen molar-refractivity contribution in [3.63, 3.8) is 0 Å². The second-order valence-electron chi connectivity index (χ2n) is 8.95. The third-order valence-electron chi connectivity index (χ3n) is 6.40. The quantitative estimate of drug-likeness (QED) is 0.583. The number of carbonyl (C=O) groups excluding carboxylic acids is 3. The molecule has 4 rings (SSSR count). The number of imide groups is 2. The number of hydrogen-bond acceptors (Lipinski definition) is 5. The topological polar surface area (TPSA) is 79.0 Å². The van der Waals surface area contributed by atoms with Gasteiger partial charge in [0.05, 0.1) is 12.8 Å². The Morgan fingerprint density at radius 2 is 1.78 bits per heavy atom. The summed E-state index contributed by atoms with van der Waals surface area (Å²) < 4.78 is 5.13. The van der Waals surface area contributed by atoms with Crippen molar-refractivity contribution in [2.45, 2.75) is 38.6 Å². The van der Waals surface area contributed by atoms with Crippen LogP contribution in [0.25, 0.3) is 6.08 Å². The molecule has 2 aromatic rings. The van der Waals surface area contributed by atoms with E-state index in [-0.39, 0.29) is 11.1 Å². The normalized spacial score (nSPS) is 21.5. The first-order valence-electron chi connectivity index (χ1n) is 10.6. The lowest BCUT2D eigenvalue weighted by atomic mass is 9.80. The van der Waals surface area contributed by atoms with E-state index in [4.69, 9.17) is 4.74 Å². The van der Waals surface area contributed by atoms with Crippen molar-refractivity contribution in [2.24, 2.45) is 0 Å². The van der Waals surface area contributed by atoms with E-state index in [2.05, 4.69) is 38.0 Å². The van der Waals surface area contributed by atoms with Crippen LogP contribution in [0.5, 0.6) is 5.75 Å². The Hall–Kier alpha value is -3.61. The average Bonchev–Trinajstić information content (AvgIpc) is 2.75. The number of amides is 4. The van der Waals surface area contributed by atoms with Gasteiger partial charge < -0.3 is 9.64 Å². The van der Waals surface area contributed by atoms with Crippen molar-refractivity contribution >= 4 is 35.3 Å². The molecule has 7 heteroatoms. The molecule has 32 heavy (non-hydrogen) atoms. The van der Waals surface area contributed by atoms with Crippen LogP contribution in [0.4, 0.5) is 16.2 Å². The maximum Gasteiger partial charge on any atom is 0.335 e. The molecule has 2 aliphatic rings. The van der Waals surface area contributed by atoms with Crippen molar-refractivity contribution in [1.82, 2.24) is 5.32 Å². The van der Waals surface area contributed by atoms with Gasteiger partial charge in [0, 0.05) is 18.3 Å². The highest BCUT2D eigenvalue weighted by Gasteiger charge is 2.37. The number of carbonyl (C=O) groups is 3. The molecule has 1 N–H and O–H groups in total. The highest BCUT2D eigenvalue weighted by Crippen LogP contribution is 2.42. The van der Waals surface area contributed by atoms with Crippen molar-refractivity contribution < 1.29 is 19.1 Å². The summed E-state index contributed by atoms with van der Waals surface area (Å²) in [4.78, 5) is 41.3. The lowest BCUT2D eigenvalue weighted by molar-refractivity contribution is -0.122. The highest BCUT2D eigenvalue weighted by molar-refractivity contribution is 6.39. The molecule has 2 heterocycles. The molecule has 0 saturated carbocycles. The number of barbiturate groups is 1. The first kappa shape index (κ1) is 21.6. The first-order chi connectivity index (χ1) is 15.1. The van der Waals surface area contributed by atoms with E-state index in [0.717, 1.165) is 22.6 Å². The third-order valence-corrected chi connectivity index (χ3v) is 6.40. The minimum Gasteiger partial charge on any atom is -0.497 e. The molecule has 1 atom stereocenters. The average molecular weight is 434 g/mol. The molecular formula is C25H27N3O4. The summed E-state index contributed by atoms with van der Waals surface area (Å²) in [5, 5.41) is 2.27. The van der Waals surface area contributed by atoms with E-state index in [1.807, 2.05) is 18.2 Å². The number of urea groups is 1. The Balaban J connectivity index is 1.70. The van der Waals surface area contributed by atoms with Crippen LogP contribution in [0, 0.1) is 0 Å². The van der Waals surface area contributed by atoms with Gasteiger partial charge in [-0.15, -0.1) is 0 Å². The number of methoxy groups -OCH3 is 1. The van der Waals surface area contributed by atoms with Gasteiger partial charge in [-0.3, -0.25) is 14.9 Å². The Kier molecular flexibility index (Phi) is 5.28. The van der Waals surface area contributed by atoms with Gasteiger partial charge in [0.25, 0.3) is 11.8 Å². The predicted molar refractivity (Wildman–Crippen MR) is 124 cm³/mol. The SMILES string of the molecule is COc1ccc(N2C(=O)NC(=O)/C(=C\c3ccc4c(c3)[C@@H](C)CC(C)(C)N4C)C2=O)cc1. The standard InChI is InChI=1S/C25H27N3O4/c1-15-14-25(2,3)27(4)21-11-6-16(12-19(15)21)13-20-22(29)26-24(31)28(23(20)30)17-7-9-18(32-5)10-8-17/h6-13,15H,14H2,1-5H3,(H,26,29,31)/b20-13+/t15-/m0/s1. The molecule has 0 spiro atoms. The van der Waals surface area contributed by atoms with Crippen molar-refractivity contribution in [2.75, 3.05) is 24.0 Å². The molecule has 4 amide bonds. The fourth-order valence-corrected chi connectivity index (χ4v) is 4.48. The third kappa shape index (κ3) is 3.64. The molecule has 1 fully saturated rings. The maximum atomic E-state index is 13.1. The summed E-state index contributed by atoms with van der Waals surface area (Å²) in [5.41, 5.74) is 3.38. The Labute approximate surface area is 187 Å². The summed E-state index contributed by atoms with van der Waals surface area (Å²) in [7, 11) is 3.62. The van der Waals surface area contributed by atoms with Gasteiger partial charge in [-0.25, -0.2) is 9.69 Å². The monoisotopic (exact) mass is 433 g/mol. The molecule has 0 aromatic heterocycles. The van der Waals surface area contributed by atoms with Crippen LogP contribution < -0.4 is 19.9 Å². The van der Waals surface area contributed by atoms with E-state index >= 15 is 0 Å². The van der Waals surface area contributed by atoms with Crippen molar-refractivity contribution in [1.29, 1.82) is 0 Å². The van der Waals surface area contributed by atoms with Crippen LogP contribution in [0.3, 0.4) is 0 Å². The molecule has 0 aliphatic carbocycles. The Morgan fingerprint density at radius 1 is 1.09 bits per heavy atom. The number of benzene rings is 2. The molecule has 0 unspecified atom stereocenters. The van der Waals surface area contributed by atoms with Crippen LogP contribution in [0.15, 0.2) is 48.0 Å². The first-order valence-corrected chi connectivity index (χ1v) is 10.6. The zero-order valence-electron chi connectivity index (χ0n) is 18.9. The van der Waals surface area contributed by atoms with Gasteiger partial charge in [-0.2, -0.15) is 0 Å². The van der Waals surface area contributed by atoms with Crippen LogP contribution in [0.2, 0.25) is 0 Å². The molecule has 0 radical (unpaired) electrons. The summed E-state index contributed by atoms with van der Waals surface area (Å²) in [5.74, 6) is -0.425. The zero-order valence-corrected chi connectivity index (χ0v) is 18.9. The molecule has 1 saturated heterocycles. The minimum atomic E-state index is -0.773. The van der Waals surface area contributed by atoms with E-state index in [0.29, 0.717) is 17.4 Å². The van der Waals surface area contributed by atoms with E-state index in [1.165, 1.54) is 12.7 Å². The predicted octanol–water partition coefficient (Wildman–Crippen LogP) is 4.08. The van der Waals surface area contributed by atoms with Crippen LogP contribution in [0.1, 0.15) is 44.2 Å². The number of ether oxygens (including phenoxy) is 1. The fraction of sp³-hybridized carbons (Fsp3) is 0.320. The molecule has 2 aliphatic heterocycles. The Bertz CT molecular complexity index is 1130. The van der Waals surface area contributed by atoms with Crippen molar-refractivity contribution in [3.05, 3.63) is 59.2 Å². The molecule has 7 nitrogen and oxygen atoms in total. The highest BCUT2D eigenvalue weighted by atomic mass is 16.5. The summed E-state index contributed by atoms with van der Waals surface area (Å²) in [6.07, 6.45) is 2.54. The second-order valence-corrected chi connectivity index (χ2v) is 8.95. The Morgan fingerprint density at radius 3 is 2.44 bits per heavy atom. The number of fused-ring (bicyclic) bond motifs is 1. The van der Waals surface area contributed by atoms with Crippen molar-refractivity contribution in [3.8, 4) is 5.75 Å². The zero-order chi connectivity index (χ0) is 23.2. The number of nitrogens with one attached hydrogen (secondary N) is 1. The van der Waals surface area contributed by atoms with Gasteiger partial charge in [0.2, 0.25) is 0 Å². The van der Waals surface area contributed by atoms with Crippen LogP contribution >= 0.6 is 0 Å². The number of nitrogens with zero attached hydrogens (tertiary/aromatic N) is 2. The van der Waals surface area contributed by atoms with Gasteiger partial charge >= 0.3 is 6.03 Å². The fourth-order valence-electron chi connectivity index (χ4n) is 4.48. The number of rotatable bonds is 3. The largest absolute Gasteiger partial charge is 0.497 e. The number of anilines is 2. The molecular weight excluding hydrogens is 406 g/mol. The summed E-state index contributed by atoms with van der Waals surface area (Å²) >= 11 is 0. The molecule has 0 bridgehead atoms. The van der Waals surface area contributed by atoms with Crippen LogP contribution in [-0.4, -0.2) is 37.5 Å². The van der Waals surface area contributed by atoms with Crippen LogP contribution in [-0.2, 0) is 9.59 Å². The minimum absolute atomic E-state index is 0.0465. The second kappa shape index (κ2) is 7.82. The van der Waals surface area contributed by atoms with E-state index in [1.54, 1.807) is 30.3 Å². The summed E-state index contributed by atoms with van der Waals surface area (Å²) in [6.45, 7) is 6.63. The van der Waals surface area contributed by atoms with Gasteiger partial charge in [-0.1, -0.05) is 13.0 Å². The lowest BCUT2D eigenvalue weighted by Crippen LogP contribution is -2.54. The van der Waals surface area contributed by atoms with E-state index in [9.17, 15) is 14.4 Å².